The number of esters is 1. The van der Waals surface area contributed by atoms with Gasteiger partial charge in [-0.05, 0) is 92.1 Å². The van der Waals surface area contributed by atoms with E-state index in [0.29, 0.717) is 17.8 Å². The summed E-state index contributed by atoms with van der Waals surface area (Å²) in [5, 5.41) is 11.3. The van der Waals surface area contributed by atoms with E-state index in [0.717, 1.165) is 37.7 Å². The van der Waals surface area contributed by atoms with E-state index < -0.39 is 5.60 Å². The lowest BCUT2D eigenvalue weighted by Crippen LogP contribution is -2.69. The molecule has 32 heavy (non-hydrogen) atoms. The minimum atomic E-state index is -0.646. The van der Waals surface area contributed by atoms with Gasteiger partial charge in [-0.2, -0.15) is 0 Å². The Balaban J connectivity index is 1.48. The number of benzene rings is 1. The molecular weight excluding hydrogens is 396 g/mol. The topological polar surface area (TPSA) is 46.5 Å². The lowest BCUT2D eigenvalue weighted by atomic mass is 9.35. The second-order valence-electron chi connectivity index (χ2n) is 12.6. The molecular formula is C29H40O3. The highest BCUT2D eigenvalue weighted by atomic mass is 16.5. The predicted octanol–water partition coefficient (Wildman–Crippen LogP) is 6.41. The van der Waals surface area contributed by atoms with E-state index >= 15 is 0 Å². The summed E-state index contributed by atoms with van der Waals surface area (Å²) in [4.78, 5) is 13.0. The Morgan fingerprint density at radius 1 is 1.03 bits per heavy atom. The van der Waals surface area contributed by atoms with Crippen LogP contribution in [0, 0.1) is 34.0 Å². The van der Waals surface area contributed by atoms with Crippen LogP contribution in [0.2, 0.25) is 0 Å². The first-order valence-corrected chi connectivity index (χ1v) is 12.7. The van der Waals surface area contributed by atoms with Crippen LogP contribution in [0.1, 0.15) is 84.6 Å². The number of carbonyl (C=O) groups excluding carboxylic acids is 1. The lowest BCUT2D eigenvalue weighted by Gasteiger charge is -2.71. The van der Waals surface area contributed by atoms with Crippen LogP contribution in [-0.4, -0.2) is 22.8 Å². The number of aliphatic hydroxyl groups is 1. The van der Waals surface area contributed by atoms with E-state index in [4.69, 9.17) is 4.74 Å². The maximum Gasteiger partial charge on any atom is 0.331 e. The molecule has 6 rings (SSSR count). The minimum Gasteiger partial charge on any atom is -0.459 e. The van der Waals surface area contributed by atoms with Crippen LogP contribution in [0.4, 0.5) is 0 Å². The number of fused-ring (bicyclic) bond motifs is 3. The monoisotopic (exact) mass is 436 g/mol. The van der Waals surface area contributed by atoms with Crippen LogP contribution in [0.3, 0.4) is 0 Å². The largest absolute Gasteiger partial charge is 0.459 e. The molecule has 1 aromatic carbocycles. The first kappa shape index (κ1) is 22.2. The highest BCUT2D eigenvalue weighted by Crippen LogP contribution is 2.73. The fourth-order valence-electron chi connectivity index (χ4n) is 8.96. The van der Waals surface area contributed by atoms with Crippen LogP contribution in [0.5, 0.6) is 0 Å². The van der Waals surface area contributed by atoms with Crippen molar-refractivity contribution in [2.45, 2.75) is 90.8 Å². The zero-order valence-electron chi connectivity index (χ0n) is 20.3. The summed E-state index contributed by atoms with van der Waals surface area (Å²) < 4.78 is 6.35. The van der Waals surface area contributed by atoms with Crippen LogP contribution in [-0.2, 0) is 9.53 Å². The van der Waals surface area contributed by atoms with Crippen molar-refractivity contribution in [3.8, 4) is 0 Å². The zero-order chi connectivity index (χ0) is 22.8. The third-order valence-corrected chi connectivity index (χ3v) is 10.4. The van der Waals surface area contributed by atoms with Crippen LogP contribution in [0.15, 0.2) is 36.4 Å². The van der Waals surface area contributed by atoms with Gasteiger partial charge >= 0.3 is 5.97 Å². The minimum absolute atomic E-state index is 0.0901. The summed E-state index contributed by atoms with van der Waals surface area (Å²) in [7, 11) is 0. The summed E-state index contributed by atoms with van der Waals surface area (Å²) in [6.07, 6.45) is 12.1. The quantitative estimate of drug-likeness (QED) is 0.440. The molecule has 0 saturated heterocycles. The van der Waals surface area contributed by atoms with E-state index in [1.807, 2.05) is 43.3 Å². The van der Waals surface area contributed by atoms with Gasteiger partial charge in [0.05, 0.1) is 5.60 Å². The first-order valence-electron chi connectivity index (χ1n) is 12.7. The number of carbonyl (C=O) groups is 1. The number of rotatable bonds is 3. The molecule has 174 valence electrons. The van der Waals surface area contributed by atoms with Gasteiger partial charge in [-0.25, -0.2) is 4.79 Å². The molecule has 0 aliphatic heterocycles. The molecule has 3 nitrogen and oxygen atoms in total. The van der Waals surface area contributed by atoms with E-state index in [-0.39, 0.29) is 28.3 Å². The van der Waals surface area contributed by atoms with Crippen molar-refractivity contribution in [1.29, 1.82) is 0 Å². The maximum atomic E-state index is 13.0. The Labute approximate surface area is 193 Å². The normalized spacial score (nSPS) is 44.7. The Bertz CT molecular complexity index is 900. The van der Waals surface area contributed by atoms with Gasteiger partial charge in [-0.3, -0.25) is 0 Å². The fraction of sp³-hybridized carbons (Fsp3) is 0.690. The van der Waals surface area contributed by atoms with E-state index in [2.05, 4.69) is 20.8 Å². The van der Waals surface area contributed by atoms with Crippen molar-refractivity contribution in [2.75, 3.05) is 0 Å². The van der Waals surface area contributed by atoms with Crippen molar-refractivity contribution in [1.82, 2.24) is 0 Å². The van der Waals surface area contributed by atoms with Gasteiger partial charge in [-0.15, -0.1) is 0 Å². The SMILES string of the molecule is CC1(C)CCC[C@]2(C)[C@@H]1C[C@@H](OC(=O)/C=C/c1ccccc1)[C@@]13CC[C@@H](C[C@@H]21)[C@@](C)(O)C3. The van der Waals surface area contributed by atoms with Gasteiger partial charge in [0.2, 0.25) is 0 Å². The van der Waals surface area contributed by atoms with Crippen molar-refractivity contribution in [3.63, 3.8) is 0 Å². The Kier molecular flexibility index (Phi) is 5.17. The van der Waals surface area contributed by atoms with Crippen LogP contribution in [0.25, 0.3) is 6.08 Å². The van der Waals surface area contributed by atoms with Gasteiger partial charge in [0.15, 0.2) is 0 Å². The Morgan fingerprint density at radius 2 is 1.78 bits per heavy atom. The van der Waals surface area contributed by atoms with Gasteiger partial charge in [-0.1, -0.05) is 57.5 Å². The summed E-state index contributed by atoms with van der Waals surface area (Å²) in [6.45, 7) is 9.42. The van der Waals surface area contributed by atoms with Crippen molar-refractivity contribution < 1.29 is 14.6 Å². The summed E-state index contributed by atoms with van der Waals surface area (Å²) >= 11 is 0. The number of ether oxygens (including phenoxy) is 1. The summed E-state index contributed by atoms with van der Waals surface area (Å²) in [5.41, 5.74) is 0.809. The molecule has 5 aliphatic rings. The molecule has 5 aliphatic carbocycles. The van der Waals surface area contributed by atoms with Crippen molar-refractivity contribution in [3.05, 3.63) is 42.0 Å². The number of hydrogen-bond donors (Lipinski definition) is 1. The highest BCUT2D eigenvalue weighted by Gasteiger charge is 2.69. The average molecular weight is 437 g/mol. The third kappa shape index (κ3) is 3.38. The molecule has 0 aromatic heterocycles. The molecule has 3 heteroatoms. The average Bonchev–Trinajstić information content (AvgIpc) is 2.73. The van der Waals surface area contributed by atoms with Crippen LogP contribution >= 0.6 is 0 Å². The maximum absolute atomic E-state index is 13.0. The zero-order valence-corrected chi connectivity index (χ0v) is 20.3. The fourth-order valence-corrected chi connectivity index (χ4v) is 8.96. The third-order valence-electron chi connectivity index (χ3n) is 10.4. The molecule has 7 atom stereocenters. The molecule has 1 spiro atoms. The second-order valence-corrected chi connectivity index (χ2v) is 12.6. The molecule has 1 aromatic rings. The molecule has 0 amide bonds. The predicted molar refractivity (Wildman–Crippen MR) is 128 cm³/mol. The van der Waals surface area contributed by atoms with E-state index in [1.165, 1.54) is 19.3 Å². The summed E-state index contributed by atoms with van der Waals surface area (Å²) in [6, 6.07) is 9.92. The highest BCUT2D eigenvalue weighted by molar-refractivity contribution is 5.87. The standard InChI is InChI=1S/C29H40O3/c1-26(2)14-8-15-27(3)22(26)18-24(32-25(30)12-11-20-9-6-5-7-10-20)29-16-13-21(17-23(27)29)28(4,31)19-29/h5-7,9-12,21-24,31H,8,13-19H2,1-4H3/b12-11+/t21-,22+,23-,24+,27+,28-,29+/m0/s1. The molecule has 1 N–H and O–H groups in total. The van der Waals surface area contributed by atoms with Gasteiger partial charge < -0.3 is 9.84 Å². The van der Waals surface area contributed by atoms with Gasteiger partial charge in [0.25, 0.3) is 0 Å². The van der Waals surface area contributed by atoms with E-state index in [9.17, 15) is 9.90 Å². The first-order chi connectivity index (χ1) is 15.1. The van der Waals surface area contributed by atoms with Crippen LogP contribution < -0.4 is 0 Å². The lowest BCUT2D eigenvalue weighted by molar-refractivity contribution is -0.271. The smallest absolute Gasteiger partial charge is 0.331 e. The number of hydrogen-bond acceptors (Lipinski definition) is 3. The summed E-state index contributed by atoms with van der Waals surface area (Å²) in [5.74, 6) is 1.23. The molecule has 5 fully saturated rings. The molecule has 2 bridgehead atoms. The Hall–Kier alpha value is -1.61. The van der Waals surface area contributed by atoms with E-state index in [1.54, 1.807) is 6.08 Å². The Morgan fingerprint density at radius 3 is 2.50 bits per heavy atom. The van der Waals surface area contributed by atoms with Crippen molar-refractivity contribution >= 4 is 12.0 Å². The van der Waals surface area contributed by atoms with Gasteiger partial charge in [0.1, 0.15) is 6.10 Å². The molecule has 0 heterocycles. The molecule has 0 unspecified atom stereocenters. The second kappa shape index (κ2) is 7.45. The van der Waals surface area contributed by atoms with Crippen molar-refractivity contribution in [2.24, 2.45) is 34.0 Å². The molecule has 0 radical (unpaired) electrons. The molecule has 5 saturated carbocycles. The van der Waals surface area contributed by atoms with Gasteiger partial charge in [0, 0.05) is 11.5 Å².